The lowest BCUT2D eigenvalue weighted by atomic mass is 10.1. The molecule has 0 atom stereocenters. The lowest BCUT2D eigenvalue weighted by Crippen LogP contribution is -2.45. The fourth-order valence-electron chi connectivity index (χ4n) is 3.55. The van der Waals surface area contributed by atoms with Crippen molar-refractivity contribution in [1.82, 2.24) is 14.8 Å². The van der Waals surface area contributed by atoms with E-state index in [9.17, 15) is 8.78 Å². The molecule has 4 nitrogen and oxygen atoms in total. The molecule has 0 saturated carbocycles. The molecular weight excluding hydrogens is 392 g/mol. The summed E-state index contributed by atoms with van der Waals surface area (Å²) in [4.78, 5) is 9.40. The molecule has 0 amide bonds. The molecule has 3 aromatic rings. The second-order valence-corrected chi connectivity index (χ2v) is 8.02. The summed E-state index contributed by atoms with van der Waals surface area (Å²) in [5.41, 5.74) is 2.86. The highest BCUT2D eigenvalue weighted by atomic mass is 32.1. The summed E-state index contributed by atoms with van der Waals surface area (Å²) in [5.74, 6) is 0.254. The van der Waals surface area contributed by atoms with Crippen LogP contribution in [0.25, 0.3) is 10.6 Å². The summed E-state index contributed by atoms with van der Waals surface area (Å²) in [6, 6.07) is 11.1. The second-order valence-electron chi connectivity index (χ2n) is 7.16. The predicted octanol–water partition coefficient (Wildman–Crippen LogP) is 4.41. The molecule has 0 radical (unpaired) electrons. The number of ether oxygens (including phenoxy) is 1. The van der Waals surface area contributed by atoms with E-state index < -0.39 is 0 Å². The smallest absolute Gasteiger partial charge is 0.123 e. The van der Waals surface area contributed by atoms with Gasteiger partial charge >= 0.3 is 0 Å². The van der Waals surface area contributed by atoms with E-state index in [4.69, 9.17) is 9.72 Å². The van der Waals surface area contributed by atoms with Crippen LogP contribution in [0.15, 0.2) is 47.8 Å². The monoisotopic (exact) mass is 415 g/mol. The van der Waals surface area contributed by atoms with E-state index in [1.165, 1.54) is 18.2 Å². The number of nitrogens with zero attached hydrogens (tertiary/aromatic N) is 3. The van der Waals surface area contributed by atoms with E-state index in [0.717, 1.165) is 60.3 Å². The van der Waals surface area contributed by atoms with Crippen molar-refractivity contribution in [3.05, 3.63) is 70.7 Å². The number of methoxy groups -OCH3 is 1. The number of hydrogen-bond acceptors (Lipinski definition) is 5. The lowest BCUT2D eigenvalue weighted by molar-refractivity contribution is 0.120. The highest BCUT2D eigenvalue weighted by Gasteiger charge is 2.19. The summed E-state index contributed by atoms with van der Waals surface area (Å²) >= 11 is 1.58. The maximum absolute atomic E-state index is 13.6. The molecule has 0 bridgehead atoms. The van der Waals surface area contributed by atoms with Gasteiger partial charge in [-0.1, -0.05) is 0 Å². The largest absolute Gasteiger partial charge is 0.496 e. The van der Waals surface area contributed by atoms with Gasteiger partial charge in [-0.15, -0.1) is 11.3 Å². The molecule has 2 aromatic carbocycles. The van der Waals surface area contributed by atoms with Gasteiger partial charge in [0, 0.05) is 55.8 Å². The Morgan fingerprint density at radius 1 is 0.931 bits per heavy atom. The van der Waals surface area contributed by atoms with Gasteiger partial charge < -0.3 is 4.74 Å². The summed E-state index contributed by atoms with van der Waals surface area (Å²) in [6.07, 6.45) is 0. The Labute approximate surface area is 173 Å². The Balaban J connectivity index is 1.31. The predicted molar refractivity (Wildman–Crippen MR) is 111 cm³/mol. The molecular formula is C22H23F2N3OS. The lowest BCUT2D eigenvalue weighted by Gasteiger charge is -2.34. The average Bonchev–Trinajstić information content (AvgIpc) is 3.19. The van der Waals surface area contributed by atoms with Crippen LogP contribution >= 0.6 is 11.3 Å². The minimum atomic E-state index is -0.237. The Hall–Kier alpha value is -2.35. The van der Waals surface area contributed by atoms with Crippen molar-refractivity contribution in [2.45, 2.75) is 13.1 Å². The van der Waals surface area contributed by atoms with Crippen molar-refractivity contribution in [3.8, 4) is 16.3 Å². The zero-order valence-corrected chi connectivity index (χ0v) is 17.1. The van der Waals surface area contributed by atoms with Crippen molar-refractivity contribution >= 4 is 11.3 Å². The number of halogens is 2. The maximum atomic E-state index is 13.6. The second kappa shape index (κ2) is 8.98. The van der Waals surface area contributed by atoms with Crippen LogP contribution in [0.3, 0.4) is 0 Å². The molecule has 1 fully saturated rings. The van der Waals surface area contributed by atoms with Crippen LogP contribution in [0.1, 0.15) is 11.3 Å². The molecule has 2 heterocycles. The zero-order chi connectivity index (χ0) is 20.2. The van der Waals surface area contributed by atoms with Gasteiger partial charge in [0.1, 0.15) is 22.4 Å². The van der Waals surface area contributed by atoms with Crippen molar-refractivity contribution in [1.29, 1.82) is 0 Å². The Bertz CT molecular complexity index is 953. The minimum absolute atomic E-state index is 0.236. The molecule has 1 aliphatic rings. The van der Waals surface area contributed by atoms with Gasteiger partial charge in [0.05, 0.1) is 12.8 Å². The minimum Gasteiger partial charge on any atom is -0.496 e. The van der Waals surface area contributed by atoms with Crippen LogP contribution in [0.5, 0.6) is 5.75 Å². The average molecular weight is 416 g/mol. The number of piperazine rings is 1. The van der Waals surface area contributed by atoms with Gasteiger partial charge in [-0.3, -0.25) is 9.80 Å². The highest BCUT2D eigenvalue weighted by molar-refractivity contribution is 7.13. The standard InChI is InChI=1S/C22H23F2N3OS/c1-28-21-7-6-19(24)12-17(21)13-26-8-10-27(11-9-26)14-20-15-29-22(25-20)16-2-4-18(23)5-3-16/h2-7,12,15H,8-11,13-14H2,1H3. The van der Waals surface area contributed by atoms with E-state index >= 15 is 0 Å². The number of hydrogen-bond donors (Lipinski definition) is 0. The molecule has 1 saturated heterocycles. The first-order chi connectivity index (χ1) is 14.1. The van der Waals surface area contributed by atoms with Crippen LogP contribution in [0.2, 0.25) is 0 Å². The number of rotatable bonds is 6. The van der Waals surface area contributed by atoms with E-state index in [1.807, 2.05) is 0 Å². The Kier molecular flexibility index (Phi) is 6.18. The molecule has 152 valence electrons. The molecule has 4 rings (SSSR count). The SMILES string of the molecule is COc1ccc(F)cc1CN1CCN(Cc2csc(-c3ccc(F)cc3)n2)CC1. The molecule has 1 aliphatic heterocycles. The first-order valence-electron chi connectivity index (χ1n) is 9.58. The first kappa shape index (κ1) is 19.9. The third-order valence-electron chi connectivity index (χ3n) is 5.13. The van der Waals surface area contributed by atoms with E-state index in [-0.39, 0.29) is 11.6 Å². The van der Waals surface area contributed by atoms with Gasteiger partial charge in [0.2, 0.25) is 0 Å². The quantitative estimate of drug-likeness (QED) is 0.596. The molecule has 0 spiro atoms. The van der Waals surface area contributed by atoms with E-state index in [0.29, 0.717) is 6.54 Å². The van der Waals surface area contributed by atoms with Gasteiger partial charge in [0.15, 0.2) is 0 Å². The van der Waals surface area contributed by atoms with Crippen molar-refractivity contribution in [2.24, 2.45) is 0 Å². The Morgan fingerprint density at radius 3 is 2.28 bits per heavy atom. The maximum Gasteiger partial charge on any atom is 0.123 e. The van der Waals surface area contributed by atoms with Crippen LogP contribution in [0, 0.1) is 11.6 Å². The zero-order valence-electron chi connectivity index (χ0n) is 16.3. The summed E-state index contributed by atoms with van der Waals surface area (Å²) in [7, 11) is 1.61. The molecule has 29 heavy (non-hydrogen) atoms. The van der Waals surface area contributed by atoms with Gasteiger partial charge in [-0.05, 0) is 42.5 Å². The van der Waals surface area contributed by atoms with Gasteiger partial charge in [-0.2, -0.15) is 0 Å². The van der Waals surface area contributed by atoms with Crippen LogP contribution in [0.4, 0.5) is 8.78 Å². The molecule has 0 unspecified atom stereocenters. The third-order valence-corrected chi connectivity index (χ3v) is 6.07. The van der Waals surface area contributed by atoms with Crippen molar-refractivity contribution in [3.63, 3.8) is 0 Å². The third kappa shape index (κ3) is 4.98. The molecule has 0 N–H and O–H groups in total. The summed E-state index contributed by atoms with van der Waals surface area (Å²) < 4.78 is 32.0. The van der Waals surface area contributed by atoms with Crippen LogP contribution < -0.4 is 4.74 Å². The number of benzene rings is 2. The van der Waals surface area contributed by atoms with E-state index in [2.05, 4.69) is 15.2 Å². The van der Waals surface area contributed by atoms with Crippen molar-refractivity contribution < 1.29 is 13.5 Å². The molecule has 7 heteroatoms. The number of thiazole rings is 1. The fourth-order valence-corrected chi connectivity index (χ4v) is 4.37. The van der Waals surface area contributed by atoms with Crippen LogP contribution in [-0.2, 0) is 13.1 Å². The van der Waals surface area contributed by atoms with Crippen LogP contribution in [-0.4, -0.2) is 48.1 Å². The molecule has 0 aliphatic carbocycles. The summed E-state index contributed by atoms with van der Waals surface area (Å²) in [5, 5.41) is 2.99. The summed E-state index contributed by atoms with van der Waals surface area (Å²) in [6.45, 7) is 5.17. The highest BCUT2D eigenvalue weighted by Crippen LogP contribution is 2.25. The normalized spacial score (nSPS) is 15.6. The number of aromatic nitrogens is 1. The van der Waals surface area contributed by atoms with Crippen molar-refractivity contribution in [2.75, 3.05) is 33.3 Å². The van der Waals surface area contributed by atoms with Gasteiger partial charge in [-0.25, -0.2) is 13.8 Å². The van der Waals surface area contributed by atoms with Gasteiger partial charge in [0.25, 0.3) is 0 Å². The van der Waals surface area contributed by atoms with E-state index in [1.54, 1.807) is 42.7 Å². The topological polar surface area (TPSA) is 28.6 Å². The Morgan fingerprint density at radius 2 is 1.59 bits per heavy atom. The molecule has 1 aromatic heterocycles. The first-order valence-corrected chi connectivity index (χ1v) is 10.5. The fraction of sp³-hybridized carbons (Fsp3) is 0.318.